The van der Waals surface area contributed by atoms with Crippen molar-refractivity contribution < 1.29 is 9.47 Å². The third-order valence-electron chi connectivity index (χ3n) is 7.92. The van der Waals surface area contributed by atoms with E-state index in [0.717, 1.165) is 31.6 Å². The molecule has 1 aromatic rings. The fourth-order valence-corrected chi connectivity index (χ4v) is 6.04. The van der Waals surface area contributed by atoms with Crippen molar-refractivity contribution in [1.82, 2.24) is 0 Å². The highest BCUT2D eigenvalue weighted by molar-refractivity contribution is 5.89. The number of hydrogen-bond acceptors (Lipinski definition) is 7. The Morgan fingerprint density at radius 3 is 2.25 bits per heavy atom. The summed E-state index contributed by atoms with van der Waals surface area (Å²) >= 11 is 0. The van der Waals surface area contributed by atoms with Crippen LogP contribution in [0.2, 0.25) is 0 Å². The summed E-state index contributed by atoms with van der Waals surface area (Å²) in [6.07, 6.45) is 1.96. The van der Waals surface area contributed by atoms with Crippen molar-refractivity contribution in [3.63, 3.8) is 0 Å². The van der Waals surface area contributed by atoms with Gasteiger partial charge in [-0.15, -0.1) is 0 Å². The number of anilines is 1. The standard InChI is InChI=1S/C25H29N5O2/c1-4-17-11-12-25-20(13-17)24(16-28,22(29)32-25)23(14-26,15-27)21(31-25)18-7-9-19(10-8-18)30(5-2)6-3/h7-10,17,20-21,29H,4-6,11-13H2,1-3H3. The predicted octanol–water partition coefficient (Wildman–Crippen LogP) is 4.68. The smallest absolute Gasteiger partial charge is 0.217 e. The topological polar surface area (TPSA) is 117 Å². The summed E-state index contributed by atoms with van der Waals surface area (Å²) in [7, 11) is 0. The Hall–Kier alpha value is -3.08. The van der Waals surface area contributed by atoms with E-state index >= 15 is 0 Å². The highest BCUT2D eigenvalue weighted by Gasteiger charge is 2.80. The van der Waals surface area contributed by atoms with Crippen molar-refractivity contribution in [1.29, 1.82) is 21.2 Å². The summed E-state index contributed by atoms with van der Waals surface area (Å²) in [5, 5.41) is 39.8. The van der Waals surface area contributed by atoms with Gasteiger partial charge in [-0.3, -0.25) is 5.41 Å². The fourth-order valence-electron chi connectivity index (χ4n) is 6.04. The number of ether oxygens (including phenoxy) is 2. The van der Waals surface area contributed by atoms with Crippen molar-refractivity contribution in [2.45, 2.75) is 58.3 Å². The lowest BCUT2D eigenvalue weighted by Crippen LogP contribution is -2.61. The van der Waals surface area contributed by atoms with Crippen molar-refractivity contribution in [2.24, 2.45) is 22.7 Å². The van der Waals surface area contributed by atoms with E-state index in [1.165, 1.54) is 0 Å². The molecular weight excluding hydrogens is 402 g/mol. The molecule has 0 spiro atoms. The zero-order valence-electron chi connectivity index (χ0n) is 18.9. The molecule has 2 aliphatic heterocycles. The largest absolute Gasteiger partial charge is 0.447 e. The van der Waals surface area contributed by atoms with Gasteiger partial charge in [0.2, 0.25) is 17.1 Å². The summed E-state index contributed by atoms with van der Waals surface area (Å²) in [5.74, 6) is -1.61. The molecule has 2 heterocycles. The van der Waals surface area contributed by atoms with E-state index in [9.17, 15) is 15.8 Å². The van der Waals surface area contributed by atoms with E-state index in [-0.39, 0.29) is 5.90 Å². The molecule has 2 bridgehead atoms. The number of rotatable bonds is 5. The Bertz CT molecular complexity index is 1010. The maximum absolute atomic E-state index is 10.4. The van der Waals surface area contributed by atoms with Crippen LogP contribution < -0.4 is 4.90 Å². The SMILES string of the molecule is CCC1CCC23OC(=N)C(C#N)(C2C1)C(C#N)(C#N)C(c1ccc(N(CC)CC)cc1)O3. The third kappa shape index (κ3) is 2.63. The molecule has 3 aliphatic rings. The predicted molar refractivity (Wildman–Crippen MR) is 118 cm³/mol. The van der Waals surface area contributed by atoms with Gasteiger partial charge < -0.3 is 14.4 Å². The number of nitrogens with zero attached hydrogens (tertiary/aromatic N) is 4. The van der Waals surface area contributed by atoms with Crippen molar-refractivity contribution in [3.8, 4) is 18.2 Å². The molecule has 5 atom stereocenters. The van der Waals surface area contributed by atoms with Gasteiger partial charge in [0, 0.05) is 25.2 Å². The first-order valence-electron chi connectivity index (χ1n) is 11.5. The first-order chi connectivity index (χ1) is 15.4. The zero-order chi connectivity index (χ0) is 23.1. The molecule has 166 valence electrons. The minimum absolute atomic E-state index is 0.299. The van der Waals surface area contributed by atoms with Gasteiger partial charge >= 0.3 is 0 Å². The molecule has 1 aromatic carbocycles. The number of hydrogen-bond donors (Lipinski definition) is 1. The van der Waals surface area contributed by atoms with Gasteiger partial charge in [-0.2, -0.15) is 15.8 Å². The highest BCUT2D eigenvalue weighted by atomic mass is 16.7. The third-order valence-corrected chi connectivity index (χ3v) is 7.92. The van der Waals surface area contributed by atoms with Crippen LogP contribution in [0.1, 0.15) is 58.1 Å². The summed E-state index contributed by atoms with van der Waals surface area (Å²) in [6.45, 7) is 7.99. The molecule has 1 N–H and O–H groups in total. The van der Waals surface area contributed by atoms with Crippen LogP contribution >= 0.6 is 0 Å². The Balaban J connectivity index is 1.86. The summed E-state index contributed by atoms with van der Waals surface area (Å²) in [5.41, 5.74) is -1.85. The molecule has 32 heavy (non-hydrogen) atoms. The van der Waals surface area contributed by atoms with E-state index in [2.05, 4.69) is 43.9 Å². The summed E-state index contributed by atoms with van der Waals surface area (Å²) in [4.78, 5) is 2.20. The van der Waals surface area contributed by atoms with Crippen LogP contribution in [0.4, 0.5) is 5.69 Å². The second kappa shape index (κ2) is 7.80. The van der Waals surface area contributed by atoms with E-state index in [4.69, 9.17) is 14.9 Å². The first-order valence-corrected chi connectivity index (χ1v) is 11.5. The van der Waals surface area contributed by atoms with Crippen LogP contribution in [0, 0.1) is 62.1 Å². The molecular formula is C25H29N5O2. The first kappa shape index (κ1) is 22.1. The Labute approximate surface area is 189 Å². The molecule has 0 radical (unpaired) electrons. The van der Waals surface area contributed by atoms with Crippen LogP contribution in [0.3, 0.4) is 0 Å². The average Bonchev–Trinajstić information content (AvgIpc) is 3.03. The van der Waals surface area contributed by atoms with E-state index in [1.54, 1.807) is 0 Å². The molecule has 0 amide bonds. The molecule has 7 nitrogen and oxygen atoms in total. The Morgan fingerprint density at radius 1 is 1.06 bits per heavy atom. The van der Waals surface area contributed by atoms with Gasteiger partial charge in [0.15, 0.2) is 5.41 Å². The monoisotopic (exact) mass is 431 g/mol. The van der Waals surface area contributed by atoms with Crippen LogP contribution in [-0.2, 0) is 9.47 Å². The van der Waals surface area contributed by atoms with Crippen LogP contribution in [0.25, 0.3) is 0 Å². The van der Waals surface area contributed by atoms with Crippen molar-refractivity contribution in [2.75, 3.05) is 18.0 Å². The molecule has 4 rings (SSSR count). The maximum atomic E-state index is 10.4. The molecule has 2 saturated heterocycles. The normalized spacial score (nSPS) is 34.4. The van der Waals surface area contributed by atoms with Crippen LogP contribution in [-0.4, -0.2) is 24.8 Å². The molecule has 3 fully saturated rings. The Morgan fingerprint density at radius 2 is 1.72 bits per heavy atom. The quantitative estimate of drug-likeness (QED) is 0.723. The lowest BCUT2D eigenvalue weighted by Gasteiger charge is -2.52. The maximum Gasteiger partial charge on any atom is 0.217 e. The van der Waals surface area contributed by atoms with E-state index in [0.29, 0.717) is 24.3 Å². The van der Waals surface area contributed by atoms with Gasteiger partial charge in [0.25, 0.3) is 0 Å². The van der Waals surface area contributed by atoms with Gasteiger partial charge in [0.05, 0.1) is 24.1 Å². The number of nitriles is 3. The zero-order valence-corrected chi connectivity index (χ0v) is 18.9. The molecule has 1 aliphatic carbocycles. The van der Waals surface area contributed by atoms with Crippen LogP contribution in [0.15, 0.2) is 24.3 Å². The second-order valence-electron chi connectivity index (χ2n) is 9.06. The lowest BCUT2D eigenvalue weighted by molar-refractivity contribution is -0.299. The van der Waals surface area contributed by atoms with Crippen molar-refractivity contribution in [3.05, 3.63) is 29.8 Å². The Kier molecular flexibility index (Phi) is 5.40. The van der Waals surface area contributed by atoms with E-state index < -0.39 is 28.6 Å². The number of benzene rings is 1. The lowest BCUT2D eigenvalue weighted by atomic mass is 9.50. The van der Waals surface area contributed by atoms with Gasteiger partial charge in [-0.25, -0.2) is 0 Å². The van der Waals surface area contributed by atoms with Gasteiger partial charge in [-0.1, -0.05) is 25.5 Å². The fraction of sp³-hybridized carbons (Fsp3) is 0.600. The highest BCUT2D eigenvalue weighted by Crippen LogP contribution is 2.70. The van der Waals surface area contributed by atoms with E-state index in [1.807, 2.05) is 24.3 Å². The molecule has 0 aromatic heterocycles. The number of nitrogens with one attached hydrogen (secondary N) is 1. The molecule has 1 saturated carbocycles. The van der Waals surface area contributed by atoms with Crippen molar-refractivity contribution >= 4 is 11.6 Å². The summed E-state index contributed by atoms with van der Waals surface area (Å²) in [6, 6.07) is 14.2. The van der Waals surface area contributed by atoms with Gasteiger partial charge in [0.1, 0.15) is 6.10 Å². The van der Waals surface area contributed by atoms with Crippen LogP contribution in [0.5, 0.6) is 0 Å². The minimum Gasteiger partial charge on any atom is -0.447 e. The molecule has 5 unspecified atom stereocenters. The second-order valence-corrected chi connectivity index (χ2v) is 9.06. The average molecular weight is 432 g/mol. The minimum atomic E-state index is -1.88. The molecule has 7 heteroatoms. The summed E-state index contributed by atoms with van der Waals surface area (Å²) < 4.78 is 12.5. The van der Waals surface area contributed by atoms with Gasteiger partial charge in [-0.05, 0) is 50.3 Å².